The highest BCUT2D eigenvalue weighted by Crippen LogP contribution is 2.35. The molecule has 0 spiro atoms. The summed E-state index contributed by atoms with van der Waals surface area (Å²) in [4.78, 5) is 4.42. The van der Waals surface area contributed by atoms with Crippen molar-refractivity contribution >= 4 is 5.52 Å². The molecule has 3 aromatic heterocycles. The van der Waals surface area contributed by atoms with Gasteiger partial charge in [-0.2, -0.15) is 5.10 Å². The van der Waals surface area contributed by atoms with Gasteiger partial charge in [-0.05, 0) is 49.7 Å². The van der Waals surface area contributed by atoms with Crippen molar-refractivity contribution in [2.75, 3.05) is 0 Å². The van der Waals surface area contributed by atoms with Gasteiger partial charge in [0.1, 0.15) is 5.52 Å². The van der Waals surface area contributed by atoms with Gasteiger partial charge >= 0.3 is 0 Å². The number of pyridine rings is 1. The Morgan fingerprint density at radius 3 is 2.48 bits per heavy atom. The van der Waals surface area contributed by atoms with Crippen LogP contribution < -0.4 is 4.74 Å². The molecule has 1 aromatic carbocycles. The van der Waals surface area contributed by atoms with Gasteiger partial charge in [0.2, 0.25) is 0 Å². The van der Waals surface area contributed by atoms with Crippen LogP contribution in [0.15, 0.2) is 60.9 Å². The minimum absolute atomic E-state index is 0.185. The van der Waals surface area contributed by atoms with Crippen LogP contribution in [0, 0.1) is 19.7 Å². The number of aryl methyl sites for hydroxylation is 2. The van der Waals surface area contributed by atoms with Gasteiger partial charge in [-0.1, -0.05) is 12.1 Å². The van der Waals surface area contributed by atoms with Gasteiger partial charge in [0.25, 0.3) is 0 Å². The summed E-state index contributed by atoms with van der Waals surface area (Å²) in [6, 6.07) is 14.1. The second-order valence-corrected chi connectivity index (χ2v) is 5.89. The summed E-state index contributed by atoms with van der Waals surface area (Å²) < 4.78 is 21.6. The van der Waals surface area contributed by atoms with E-state index in [1.54, 1.807) is 35.0 Å². The Balaban J connectivity index is 1.89. The predicted molar refractivity (Wildman–Crippen MR) is 94.4 cm³/mol. The van der Waals surface area contributed by atoms with Crippen LogP contribution in [0.25, 0.3) is 16.6 Å². The van der Waals surface area contributed by atoms with Crippen molar-refractivity contribution in [1.82, 2.24) is 14.6 Å². The lowest BCUT2D eigenvalue weighted by Crippen LogP contribution is -1.95. The number of rotatable bonds is 3. The molecule has 3 heterocycles. The SMILES string of the molecule is Cc1cc(-c2ccn3nccc(Oc4ccccc4F)c23)cc(C)n1. The average molecular weight is 333 g/mol. The van der Waals surface area contributed by atoms with Gasteiger partial charge in [0, 0.05) is 29.2 Å². The highest BCUT2D eigenvalue weighted by molar-refractivity contribution is 5.85. The summed E-state index contributed by atoms with van der Waals surface area (Å²) in [6.45, 7) is 3.92. The Labute approximate surface area is 144 Å². The third-order valence-electron chi connectivity index (χ3n) is 3.97. The van der Waals surface area contributed by atoms with Gasteiger partial charge < -0.3 is 4.74 Å². The van der Waals surface area contributed by atoms with E-state index >= 15 is 0 Å². The molecule has 0 aliphatic heterocycles. The van der Waals surface area contributed by atoms with Gasteiger partial charge in [-0.25, -0.2) is 8.91 Å². The van der Waals surface area contributed by atoms with E-state index in [0.29, 0.717) is 5.75 Å². The van der Waals surface area contributed by atoms with Crippen LogP contribution >= 0.6 is 0 Å². The zero-order valence-corrected chi connectivity index (χ0v) is 13.9. The standard InChI is InChI=1S/C20H16FN3O/c1-13-11-15(12-14(2)23-13)16-8-10-24-20(16)19(7-9-22-24)25-18-6-4-3-5-17(18)21/h3-12H,1-2H3. The van der Waals surface area contributed by atoms with Crippen LogP contribution in [0.5, 0.6) is 11.5 Å². The van der Waals surface area contributed by atoms with Crippen LogP contribution in [0.3, 0.4) is 0 Å². The molecule has 124 valence electrons. The number of halogens is 1. The van der Waals surface area contributed by atoms with Gasteiger partial charge in [-0.3, -0.25) is 4.98 Å². The number of ether oxygens (including phenoxy) is 1. The fourth-order valence-electron chi connectivity index (χ4n) is 2.97. The zero-order chi connectivity index (χ0) is 17.4. The third-order valence-corrected chi connectivity index (χ3v) is 3.97. The molecule has 0 aliphatic rings. The van der Waals surface area contributed by atoms with Crippen molar-refractivity contribution in [3.63, 3.8) is 0 Å². The molecule has 0 aliphatic carbocycles. The molecule has 0 bridgehead atoms. The largest absolute Gasteiger partial charge is 0.452 e. The number of benzene rings is 1. The first-order chi connectivity index (χ1) is 12.1. The van der Waals surface area contributed by atoms with E-state index < -0.39 is 5.82 Å². The lowest BCUT2D eigenvalue weighted by molar-refractivity contribution is 0.444. The summed E-state index contributed by atoms with van der Waals surface area (Å²) in [5.41, 5.74) is 4.66. The maximum atomic E-state index is 14.0. The number of hydrogen-bond acceptors (Lipinski definition) is 3. The quantitative estimate of drug-likeness (QED) is 0.533. The van der Waals surface area contributed by atoms with Crippen LogP contribution in [-0.4, -0.2) is 14.6 Å². The topological polar surface area (TPSA) is 39.4 Å². The molecule has 0 fully saturated rings. The maximum absolute atomic E-state index is 14.0. The number of para-hydroxylation sites is 1. The zero-order valence-electron chi connectivity index (χ0n) is 13.9. The predicted octanol–water partition coefficient (Wildman–Crippen LogP) is 4.94. The lowest BCUT2D eigenvalue weighted by Gasteiger charge is -2.10. The summed E-state index contributed by atoms with van der Waals surface area (Å²) in [7, 11) is 0. The molecule has 5 heteroatoms. The smallest absolute Gasteiger partial charge is 0.165 e. The van der Waals surface area contributed by atoms with Crippen LogP contribution in [0.2, 0.25) is 0 Å². The highest BCUT2D eigenvalue weighted by atomic mass is 19.1. The van der Waals surface area contributed by atoms with Crippen LogP contribution in [0.4, 0.5) is 4.39 Å². The fourth-order valence-corrected chi connectivity index (χ4v) is 2.97. The minimum Gasteiger partial charge on any atom is -0.452 e. The number of nitrogens with zero attached hydrogens (tertiary/aromatic N) is 3. The van der Waals surface area contributed by atoms with E-state index in [-0.39, 0.29) is 5.75 Å². The summed E-state index contributed by atoms with van der Waals surface area (Å²) in [6.07, 6.45) is 3.50. The Kier molecular flexibility index (Phi) is 3.69. The molecule has 4 nitrogen and oxygen atoms in total. The molecule has 4 rings (SSSR count). The summed E-state index contributed by atoms with van der Waals surface area (Å²) in [5, 5.41) is 4.32. The first-order valence-corrected chi connectivity index (χ1v) is 7.96. The summed E-state index contributed by atoms with van der Waals surface area (Å²) >= 11 is 0. The van der Waals surface area contributed by atoms with Crippen molar-refractivity contribution in [3.8, 4) is 22.6 Å². The fraction of sp³-hybridized carbons (Fsp3) is 0.100. The lowest BCUT2D eigenvalue weighted by atomic mass is 10.1. The second kappa shape index (κ2) is 6.02. The monoisotopic (exact) mass is 333 g/mol. The summed E-state index contributed by atoms with van der Waals surface area (Å²) in [5.74, 6) is 0.332. The Morgan fingerprint density at radius 1 is 0.960 bits per heavy atom. The van der Waals surface area contributed by atoms with Gasteiger partial charge in [-0.15, -0.1) is 0 Å². The first kappa shape index (κ1) is 15.3. The van der Waals surface area contributed by atoms with Crippen molar-refractivity contribution in [1.29, 1.82) is 0 Å². The molecular formula is C20H16FN3O. The van der Waals surface area contributed by atoms with E-state index in [1.165, 1.54) is 6.07 Å². The Bertz CT molecular complexity index is 1050. The van der Waals surface area contributed by atoms with Crippen LogP contribution in [0.1, 0.15) is 11.4 Å². The van der Waals surface area contributed by atoms with E-state index in [1.807, 2.05) is 38.2 Å². The molecule has 0 saturated heterocycles. The molecule has 0 unspecified atom stereocenters. The molecule has 0 amide bonds. The number of hydrogen-bond donors (Lipinski definition) is 0. The molecule has 0 saturated carbocycles. The van der Waals surface area contributed by atoms with Crippen molar-refractivity contribution in [2.24, 2.45) is 0 Å². The van der Waals surface area contributed by atoms with E-state index in [2.05, 4.69) is 10.1 Å². The molecule has 4 aromatic rings. The molecule has 0 atom stereocenters. The minimum atomic E-state index is -0.402. The average Bonchev–Trinajstić information content (AvgIpc) is 3.01. The Hall–Kier alpha value is -3.21. The van der Waals surface area contributed by atoms with E-state index in [9.17, 15) is 4.39 Å². The van der Waals surface area contributed by atoms with Crippen molar-refractivity contribution in [2.45, 2.75) is 13.8 Å². The second-order valence-electron chi connectivity index (χ2n) is 5.89. The van der Waals surface area contributed by atoms with Crippen LogP contribution in [-0.2, 0) is 0 Å². The molecule has 0 radical (unpaired) electrons. The van der Waals surface area contributed by atoms with Gasteiger partial charge in [0.15, 0.2) is 17.3 Å². The maximum Gasteiger partial charge on any atom is 0.165 e. The first-order valence-electron chi connectivity index (χ1n) is 7.96. The Morgan fingerprint density at radius 2 is 1.72 bits per heavy atom. The highest BCUT2D eigenvalue weighted by Gasteiger charge is 2.14. The van der Waals surface area contributed by atoms with E-state index in [4.69, 9.17) is 4.74 Å². The third kappa shape index (κ3) is 2.85. The number of aromatic nitrogens is 3. The number of fused-ring (bicyclic) bond motifs is 1. The van der Waals surface area contributed by atoms with Crippen molar-refractivity contribution < 1.29 is 9.13 Å². The molecule has 0 N–H and O–H groups in total. The normalized spacial score (nSPS) is 11.0. The van der Waals surface area contributed by atoms with E-state index in [0.717, 1.165) is 28.0 Å². The molecule has 25 heavy (non-hydrogen) atoms. The molecular weight excluding hydrogens is 317 g/mol. The van der Waals surface area contributed by atoms with Gasteiger partial charge in [0.05, 0.1) is 6.20 Å². The van der Waals surface area contributed by atoms with Crippen molar-refractivity contribution in [3.05, 3.63) is 78.1 Å².